The minimum Gasteiger partial charge on any atom is -0.493 e. The van der Waals surface area contributed by atoms with Crippen LogP contribution in [0.2, 0.25) is 0 Å². The van der Waals surface area contributed by atoms with Gasteiger partial charge in [-0.05, 0) is 18.2 Å². The van der Waals surface area contributed by atoms with Gasteiger partial charge in [-0.3, -0.25) is 4.79 Å². The van der Waals surface area contributed by atoms with E-state index in [4.69, 9.17) is 20.3 Å². The third-order valence-corrected chi connectivity index (χ3v) is 3.44. The summed E-state index contributed by atoms with van der Waals surface area (Å²) < 4.78 is 10.6. The topological polar surface area (TPSA) is 112 Å². The van der Waals surface area contributed by atoms with Crippen molar-refractivity contribution < 1.29 is 24.2 Å². The monoisotopic (exact) mass is 308 g/mol. The number of nitrogens with two attached hydrogens (primary N) is 1. The molecule has 110 valence electrons. The molecule has 0 aliphatic carbocycles. The Morgan fingerprint density at radius 2 is 2.14 bits per heavy atom. The van der Waals surface area contributed by atoms with Gasteiger partial charge in [0.15, 0.2) is 11.5 Å². The molecule has 2 aromatic rings. The van der Waals surface area contributed by atoms with Crippen molar-refractivity contribution in [3.05, 3.63) is 39.8 Å². The van der Waals surface area contributed by atoms with Crippen molar-refractivity contribution in [3.8, 4) is 11.5 Å². The van der Waals surface area contributed by atoms with Gasteiger partial charge in [-0.25, -0.2) is 9.78 Å². The summed E-state index contributed by atoms with van der Waals surface area (Å²) in [6, 6.07) is 4.55. The number of thiazole rings is 1. The molecule has 0 radical (unpaired) electrons. The first-order valence-corrected chi connectivity index (χ1v) is 6.67. The first kappa shape index (κ1) is 14.8. The molecule has 1 aromatic heterocycles. The molecular weight excluding hydrogens is 296 g/mol. The molecule has 0 atom stereocenters. The Balaban J connectivity index is 2.11. The minimum absolute atomic E-state index is 0.00430. The number of carbonyl (C=O) groups is 2. The highest BCUT2D eigenvalue weighted by Gasteiger charge is 2.12. The largest absolute Gasteiger partial charge is 0.493 e. The minimum atomic E-state index is -1.07. The zero-order valence-corrected chi connectivity index (χ0v) is 11.8. The van der Waals surface area contributed by atoms with Crippen molar-refractivity contribution in [2.75, 3.05) is 7.11 Å². The zero-order chi connectivity index (χ0) is 15.4. The molecular formula is C13H12N2O5S. The summed E-state index contributed by atoms with van der Waals surface area (Å²) in [6.45, 7) is 0.0933. The van der Waals surface area contributed by atoms with Crippen LogP contribution in [0.25, 0.3) is 0 Å². The van der Waals surface area contributed by atoms with Crippen LogP contribution in [0.4, 0.5) is 0 Å². The third kappa shape index (κ3) is 3.48. The SMILES string of the molecule is COc1cc(C(N)=O)ccc1OCc1csc(C(=O)O)n1. The Kier molecular flexibility index (Phi) is 4.39. The van der Waals surface area contributed by atoms with E-state index in [0.717, 1.165) is 11.3 Å². The summed E-state index contributed by atoms with van der Waals surface area (Å²) in [7, 11) is 1.44. The Hall–Kier alpha value is -2.61. The number of benzene rings is 1. The average Bonchev–Trinajstić information content (AvgIpc) is 2.93. The van der Waals surface area contributed by atoms with Crippen molar-refractivity contribution in [1.29, 1.82) is 0 Å². The Morgan fingerprint density at radius 3 is 2.71 bits per heavy atom. The molecule has 1 amide bonds. The molecule has 0 saturated carbocycles. The van der Waals surface area contributed by atoms with Crippen molar-refractivity contribution in [2.24, 2.45) is 5.73 Å². The van der Waals surface area contributed by atoms with Crippen molar-refractivity contribution in [1.82, 2.24) is 4.98 Å². The number of amides is 1. The second-order valence-electron chi connectivity index (χ2n) is 3.97. The van der Waals surface area contributed by atoms with E-state index in [-0.39, 0.29) is 11.6 Å². The lowest BCUT2D eigenvalue weighted by molar-refractivity contribution is 0.0695. The van der Waals surface area contributed by atoms with Crippen LogP contribution in [0.1, 0.15) is 25.9 Å². The number of rotatable bonds is 6. The molecule has 0 fully saturated rings. The number of aromatic carboxylic acids is 1. The van der Waals surface area contributed by atoms with E-state index in [9.17, 15) is 9.59 Å². The second kappa shape index (κ2) is 6.23. The van der Waals surface area contributed by atoms with Gasteiger partial charge >= 0.3 is 5.97 Å². The van der Waals surface area contributed by atoms with Crippen molar-refractivity contribution >= 4 is 23.2 Å². The molecule has 1 aromatic carbocycles. The fourth-order valence-corrected chi connectivity index (χ4v) is 2.20. The van der Waals surface area contributed by atoms with Gasteiger partial charge in [0.25, 0.3) is 0 Å². The quantitative estimate of drug-likeness (QED) is 0.837. The van der Waals surface area contributed by atoms with Gasteiger partial charge in [0.2, 0.25) is 10.9 Å². The average molecular weight is 308 g/mol. The summed E-state index contributed by atoms with van der Waals surface area (Å²) in [5.74, 6) is -0.868. The molecule has 8 heteroatoms. The standard InChI is InChI=1S/C13H12N2O5S/c1-19-10-4-7(11(14)16)2-3-9(10)20-5-8-6-21-12(15-8)13(17)18/h2-4,6H,5H2,1H3,(H2,14,16)(H,17,18). The lowest BCUT2D eigenvalue weighted by Gasteiger charge is -2.10. The van der Waals surface area contributed by atoms with E-state index >= 15 is 0 Å². The molecule has 2 rings (SSSR count). The number of carboxylic acid groups (broad SMARTS) is 1. The maximum Gasteiger partial charge on any atom is 0.365 e. The number of hydrogen-bond acceptors (Lipinski definition) is 6. The molecule has 0 bridgehead atoms. The summed E-state index contributed by atoms with van der Waals surface area (Å²) in [4.78, 5) is 25.7. The maximum absolute atomic E-state index is 11.1. The molecule has 0 saturated heterocycles. The number of carboxylic acids is 1. The first-order valence-electron chi connectivity index (χ1n) is 5.79. The van der Waals surface area contributed by atoms with E-state index in [1.54, 1.807) is 11.4 Å². The predicted molar refractivity (Wildman–Crippen MR) is 74.9 cm³/mol. The van der Waals surface area contributed by atoms with Crippen LogP contribution in [-0.2, 0) is 6.61 Å². The van der Waals surface area contributed by atoms with Crippen LogP contribution >= 0.6 is 11.3 Å². The molecule has 0 unspecified atom stereocenters. The maximum atomic E-state index is 11.1. The summed E-state index contributed by atoms with van der Waals surface area (Å²) in [6.07, 6.45) is 0. The number of aromatic nitrogens is 1. The predicted octanol–water partition coefficient (Wildman–Crippen LogP) is 1.53. The molecule has 1 heterocycles. The van der Waals surface area contributed by atoms with Gasteiger partial charge < -0.3 is 20.3 Å². The van der Waals surface area contributed by atoms with Crippen LogP contribution in [0.3, 0.4) is 0 Å². The van der Waals surface area contributed by atoms with Crippen molar-refractivity contribution in [2.45, 2.75) is 6.61 Å². The van der Waals surface area contributed by atoms with Crippen LogP contribution in [0.15, 0.2) is 23.6 Å². The number of nitrogens with zero attached hydrogens (tertiary/aromatic N) is 1. The Morgan fingerprint density at radius 1 is 1.38 bits per heavy atom. The third-order valence-electron chi connectivity index (χ3n) is 2.56. The fourth-order valence-electron chi connectivity index (χ4n) is 1.56. The number of carbonyl (C=O) groups excluding carboxylic acids is 1. The smallest absolute Gasteiger partial charge is 0.365 e. The molecule has 3 N–H and O–H groups in total. The Labute approximate surface area is 123 Å². The van der Waals surface area contributed by atoms with Crippen LogP contribution in [-0.4, -0.2) is 29.1 Å². The van der Waals surface area contributed by atoms with E-state index in [0.29, 0.717) is 22.8 Å². The molecule has 0 aliphatic rings. The van der Waals surface area contributed by atoms with Crippen LogP contribution in [0.5, 0.6) is 11.5 Å². The van der Waals surface area contributed by atoms with Gasteiger partial charge in [-0.15, -0.1) is 11.3 Å². The normalized spacial score (nSPS) is 10.1. The summed E-state index contributed by atoms with van der Waals surface area (Å²) in [5.41, 5.74) is 5.99. The number of methoxy groups -OCH3 is 1. The van der Waals surface area contributed by atoms with Gasteiger partial charge in [0, 0.05) is 10.9 Å². The fraction of sp³-hybridized carbons (Fsp3) is 0.154. The molecule has 7 nitrogen and oxygen atoms in total. The molecule has 21 heavy (non-hydrogen) atoms. The van der Waals surface area contributed by atoms with E-state index < -0.39 is 11.9 Å². The lowest BCUT2D eigenvalue weighted by atomic mass is 10.2. The van der Waals surface area contributed by atoms with Gasteiger partial charge in [0.1, 0.15) is 6.61 Å². The molecule has 0 aliphatic heterocycles. The molecule has 0 spiro atoms. The van der Waals surface area contributed by atoms with E-state index in [2.05, 4.69) is 4.98 Å². The highest BCUT2D eigenvalue weighted by molar-refractivity contribution is 7.11. The Bertz CT molecular complexity index is 683. The van der Waals surface area contributed by atoms with Gasteiger partial charge in [0.05, 0.1) is 12.8 Å². The number of primary amides is 1. The number of hydrogen-bond donors (Lipinski definition) is 2. The number of ether oxygens (including phenoxy) is 2. The van der Waals surface area contributed by atoms with E-state index in [1.165, 1.54) is 19.2 Å². The summed E-state index contributed by atoms with van der Waals surface area (Å²) >= 11 is 1.03. The van der Waals surface area contributed by atoms with Crippen LogP contribution < -0.4 is 15.2 Å². The first-order chi connectivity index (χ1) is 10.0. The highest BCUT2D eigenvalue weighted by Crippen LogP contribution is 2.28. The van der Waals surface area contributed by atoms with Crippen molar-refractivity contribution in [3.63, 3.8) is 0 Å². The van der Waals surface area contributed by atoms with E-state index in [1.807, 2.05) is 0 Å². The summed E-state index contributed by atoms with van der Waals surface area (Å²) in [5, 5.41) is 10.4. The highest BCUT2D eigenvalue weighted by atomic mass is 32.1. The van der Waals surface area contributed by atoms with Gasteiger partial charge in [-0.2, -0.15) is 0 Å². The lowest BCUT2D eigenvalue weighted by Crippen LogP contribution is -2.11. The zero-order valence-electron chi connectivity index (χ0n) is 11.0. The van der Waals surface area contributed by atoms with Crippen LogP contribution in [0, 0.1) is 0 Å². The van der Waals surface area contributed by atoms with Gasteiger partial charge in [-0.1, -0.05) is 0 Å². The second-order valence-corrected chi connectivity index (χ2v) is 4.83.